The first-order valence-electron chi connectivity index (χ1n) is 3.85. The number of ether oxygens (including phenoxy) is 1. The third-order valence-corrected chi connectivity index (χ3v) is 2.64. The molecule has 0 saturated carbocycles. The molecule has 13 heavy (non-hydrogen) atoms. The molecule has 0 saturated heterocycles. The van der Waals surface area contributed by atoms with Crippen molar-refractivity contribution in [3.63, 3.8) is 0 Å². The van der Waals surface area contributed by atoms with Gasteiger partial charge in [-0.2, -0.15) is 0 Å². The third-order valence-electron chi connectivity index (χ3n) is 1.52. The summed E-state index contributed by atoms with van der Waals surface area (Å²) in [7, 11) is 0. The monoisotopic (exact) mass is 238 g/mol. The predicted molar refractivity (Wildman–Crippen MR) is 56.7 cm³/mol. The van der Waals surface area contributed by atoms with Gasteiger partial charge in [0.25, 0.3) is 0 Å². The van der Waals surface area contributed by atoms with Gasteiger partial charge in [-0.1, -0.05) is 40.9 Å². The molecule has 0 spiro atoms. The van der Waals surface area contributed by atoms with Gasteiger partial charge in [-0.3, -0.25) is 0 Å². The zero-order valence-electron chi connectivity index (χ0n) is 7.06. The van der Waals surface area contributed by atoms with Gasteiger partial charge in [0.15, 0.2) is 5.56 Å². The highest BCUT2D eigenvalue weighted by atomic mass is 35.5. The van der Waals surface area contributed by atoms with Crippen LogP contribution in [0.5, 0.6) is 0 Å². The van der Waals surface area contributed by atoms with E-state index in [1.807, 2.05) is 6.92 Å². The van der Waals surface area contributed by atoms with Gasteiger partial charge in [0.05, 0.1) is 10.0 Å². The van der Waals surface area contributed by atoms with E-state index < -0.39 is 5.56 Å². The minimum atomic E-state index is -0.459. The second-order valence-corrected chi connectivity index (χ2v) is 3.66. The number of hydrogen-bond acceptors (Lipinski definition) is 1. The van der Waals surface area contributed by atoms with Crippen LogP contribution in [0.3, 0.4) is 0 Å². The molecule has 0 N–H and O–H groups in total. The first-order valence-corrected chi connectivity index (χ1v) is 5.05. The summed E-state index contributed by atoms with van der Waals surface area (Å²) in [4.78, 5) is 0. The van der Waals surface area contributed by atoms with E-state index >= 15 is 0 Å². The predicted octanol–water partition coefficient (Wildman–Crippen LogP) is 4.27. The van der Waals surface area contributed by atoms with Gasteiger partial charge in [-0.15, -0.1) is 0 Å². The van der Waals surface area contributed by atoms with Gasteiger partial charge < -0.3 is 4.74 Å². The van der Waals surface area contributed by atoms with Crippen LogP contribution in [0.25, 0.3) is 0 Å². The summed E-state index contributed by atoms with van der Waals surface area (Å²) >= 11 is 17.5. The highest BCUT2D eigenvalue weighted by Gasteiger charge is 2.08. The summed E-state index contributed by atoms with van der Waals surface area (Å²) in [6.07, 6.45) is 0. The summed E-state index contributed by atoms with van der Waals surface area (Å²) in [5.41, 5.74) is 0.359. The number of halogens is 3. The zero-order valence-corrected chi connectivity index (χ0v) is 9.33. The molecule has 1 aromatic carbocycles. The average molecular weight is 240 g/mol. The fourth-order valence-corrected chi connectivity index (χ4v) is 1.46. The lowest BCUT2D eigenvalue weighted by Crippen LogP contribution is -1.96. The second kappa shape index (κ2) is 5.06. The maximum absolute atomic E-state index is 5.91. The normalized spacial score (nSPS) is 12.9. The smallest absolute Gasteiger partial charge is 0.156 e. The average Bonchev–Trinajstić information content (AvgIpc) is 2.10. The lowest BCUT2D eigenvalue weighted by molar-refractivity contribution is 0.121. The van der Waals surface area contributed by atoms with Crippen molar-refractivity contribution in [2.24, 2.45) is 0 Å². The molecule has 0 aromatic heterocycles. The highest BCUT2D eigenvalue weighted by molar-refractivity contribution is 6.42. The molecule has 0 aliphatic carbocycles. The molecule has 1 rings (SSSR count). The molecule has 0 aliphatic rings. The Morgan fingerprint density at radius 3 is 2.54 bits per heavy atom. The van der Waals surface area contributed by atoms with E-state index in [2.05, 4.69) is 0 Å². The Hall–Kier alpha value is 0.0500. The fraction of sp³-hybridized carbons (Fsp3) is 0.333. The lowest BCUT2D eigenvalue weighted by atomic mass is 10.2. The van der Waals surface area contributed by atoms with Crippen LogP contribution in [-0.4, -0.2) is 6.61 Å². The molecule has 0 amide bonds. The van der Waals surface area contributed by atoms with E-state index in [0.29, 0.717) is 16.7 Å². The van der Waals surface area contributed by atoms with Crippen LogP contribution in [0, 0.1) is 0 Å². The first-order chi connectivity index (χ1) is 6.15. The summed E-state index contributed by atoms with van der Waals surface area (Å²) < 4.78 is 5.19. The lowest BCUT2D eigenvalue weighted by Gasteiger charge is -2.10. The van der Waals surface area contributed by atoms with Crippen LogP contribution < -0.4 is 0 Å². The van der Waals surface area contributed by atoms with Gasteiger partial charge in [-0.05, 0) is 24.6 Å². The third kappa shape index (κ3) is 3.03. The second-order valence-electron chi connectivity index (χ2n) is 2.44. The number of hydrogen-bond donors (Lipinski definition) is 0. The van der Waals surface area contributed by atoms with E-state index in [1.54, 1.807) is 18.2 Å². The topological polar surface area (TPSA) is 9.23 Å². The molecule has 72 valence electrons. The summed E-state index contributed by atoms with van der Waals surface area (Å²) in [5, 5.41) is 1.01. The maximum Gasteiger partial charge on any atom is 0.156 e. The molecule has 1 unspecified atom stereocenters. The van der Waals surface area contributed by atoms with Crippen LogP contribution in [0.2, 0.25) is 10.0 Å². The van der Waals surface area contributed by atoms with E-state index in [4.69, 9.17) is 39.5 Å². The molecule has 0 bridgehead atoms. The van der Waals surface area contributed by atoms with E-state index in [0.717, 1.165) is 5.56 Å². The molecule has 1 atom stereocenters. The van der Waals surface area contributed by atoms with Crippen molar-refractivity contribution in [3.05, 3.63) is 33.8 Å². The Bertz CT molecular complexity index is 288. The van der Waals surface area contributed by atoms with Crippen molar-refractivity contribution in [1.29, 1.82) is 0 Å². The van der Waals surface area contributed by atoms with E-state index in [-0.39, 0.29) is 0 Å². The molecule has 1 aromatic rings. The van der Waals surface area contributed by atoms with Crippen LogP contribution in [-0.2, 0) is 4.74 Å². The Morgan fingerprint density at radius 1 is 1.31 bits per heavy atom. The van der Waals surface area contributed by atoms with Gasteiger partial charge in [0.1, 0.15) is 0 Å². The summed E-state index contributed by atoms with van der Waals surface area (Å²) in [6, 6.07) is 5.20. The van der Waals surface area contributed by atoms with Gasteiger partial charge >= 0.3 is 0 Å². The minimum Gasteiger partial charge on any atom is -0.359 e. The van der Waals surface area contributed by atoms with Crippen molar-refractivity contribution in [2.75, 3.05) is 6.61 Å². The van der Waals surface area contributed by atoms with Crippen molar-refractivity contribution >= 4 is 34.8 Å². The molecule has 0 aliphatic heterocycles. The Balaban J connectivity index is 2.84. The molecule has 4 heteroatoms. The van der Waals surface area contributed by atoms with Crippen molar-refractivity contribution in [1.82, 2.24) is 0 Å². The van der Waals surface area contributed by atoms with Crippen molar-refractivity contribution < 1.29 is 4.74 Å². The Labute approximate surface area is 92.5 Å². The Morgan fingerprint density at radius 2 is 2.00 bits per heavy atom. The van der Waals surface area contributed by atoms with E-state index in [9.17, 15) is 0 Å². The molecule has 1 nitrogen and oxygen atoms in total. The number of benzene rings is 1. The standard InChI is InChI=1S/C9H9Cl3O/c1-2-13-9(12)6-3-4-7(10)8(11)5-6/h3-5,9H,2H2,1H3. The SMILES string of the molecule is CCOC(Cl)c1ccc(Cl)c(Cl)c1. The molecule has 0 heterocycles. The summed E-state index contributed by atoms with van der Waals surface area (Å²) in [5.74, 6) is 0. The van der Waals surface area contributed by atoms with Crippen LogP contribution in [0.1, 0.15) is 18.1 Å². The zero-order chi connectivity index (χ0) is 9.84. The quantitative estimate of drug-likeness (QED) is 0.716. The number of rotatable bonds is 3. The molecule has 0 radical (unpaired) electrons. The van der Waals surface area contributed by atoms with Crippen molar-refractivity contribution in [3.8, 4) is 0 Å². The first kappa shape index (κ1) is 11.1. The van der Waals surface area contributed by atoms with Gasteiger partial charge in [0.2, 0.25) is 0 Å². The highest BCUT2D eigenvalue weighted by Crippen LogP contribution is 2.28. The van der Waals surface area contributed by atoms with Gasteiger partial charge in [-0.25, -0.2) is 0 Å². The van der Waals surface area contributed by atoms with Crippen LogP contribution in [0.15, 0.2) is 18.2 Å². The van der Waals surface area contributed by atoms with Crippen molar-refractivity contribution in [2.45, 2.75) is 12.5 Å². The maximum atomic E-state index is 5.91. The van der Waals surface area contributed by atoms with Crippen LogP contribution in [0.4, 0.5) is 0 Å². The minimum absolute atomic E-state index is 0.459. The molecular weight excluding hydrogens is 230 g/mol. The Kier molecular flexibility index (Phi) is 4.33. The fourth-order valence-electron chi connectivity index (χ4n) is 0.896. The molecule has 0 fully saturated rings. The van der Waals surface area contributed by atoms with Gasteiger partial charge in [0, 0.05) is 6.61 Å². The summed E-state index contributed by atoms with van der Waals surface area (Å²) in [6.45, 7) is 2.45. The number of alkyl halides is 1. The van der Waals surface area contributed by atoms with Crippen LogP contribution >= 0.6 is 34.8 Å². The largest absolute Gasteiger partial charge is 0.359 e. The van der Waals surface area contributed by atoms with E-state index in [1.165, 1.54) is 0 Å². The molecular formula is C9H9Cl3O.